The summed E-state index contributed by atoms with van der Waals surface area (Å²) in [6, 6.07) is 5.98. The summed E-state index contributed by atoms with van der Waals surface area (Å²) >= 11 is 0. The Morgan fingerprint density at radius 2 is 1.83 bits per heavy atom. The van der Waals surface area contributed by atoms with Crippen molar-refractivity contribution in [3.63, 3.8) is 0 Å². The number of hydrogen-bond donors (Lipinski definition) is 1. The molecule has 2 aliphatic carbocycles. The summed E-state index contributed by atoms with van der Waals surface area (Å²) in [6.07, 6.45) is 0.652. The van der Waals surface area contributed by atoms with E-state index in [4.69, 9.17) is 0 Å². The molecule has 2 aliphatic rings. The largest absolute Gasteiger partial charge is 0.416 e. The van der Waals surface area contributed by atoms with E-state index in [1.807, 2.05) is 6.07 Å². The molecule has 4 nitrogen and oxygen atoms in total. The van der Waals surface area contributed by atoms with E-state index < -0.39 is 11.7 Å². The Kier molecular flexibility index (Phi) is 5.17. The van der Waals surface area contributed by atoms with Crippen LogP contribution in [0, 0.1) is 31.6 Å². The van der Waals surface area contributed by atoms with Gasteiger partial charge in [-0.1, -0.05) is 6.07 Å². The number of benzene rings is 1. The van der Waals surface area contributed by atoms with Gasteiger partial charge in [0, 0.05) is 18.7 Å². The van der Waals surface area contributed by atoms with Gasteiger partial charge in [0.2, 0.25) is 5.91 Å². The van der Waals surface area contributed by atoms with Crippen LogP contribution < -0.4 is 5.32 Å². The summed E-state index contributed by atoms with van der Waals surface area (Å²) in [6.45, 7) is 3.49. The first-order valence-electron chi connectivity index (χ1n) is 10.2. The second-order valence-corrected chi connectivity index (χ2v) is 8.50. The number of halogens is 3. The molecule has 2 fully saturated rings. The van der Waals surface area contributed by atoms with Crippen molar-refractivity contribution in [2.24, 2.45) is 17.8 Å². The van der Waals surface area contributed by atoms with Gasteiger partial charge in [-0.05, 0) is 81.0 Å². The maximum absolute atomic E-state index is 13.7. The predicted molar refractivity (Wildman–Crippen MR) is 103 cm³/mol. The summed E-state index contributed by atoms with van der Waals surface area (Å²) in [5.74, 6) is 1.54. The Morgan fingerprint density at radius 3 is 2.34 bits per heavy atom. The monoisotopic (exact) mass is 405 g/mol. The van der Waals surface area contributed by atoms with E-state index in [-0.39, 0.29) is 18.0 Å². The fourth-order valence-corrected chi connectivity index (χ4v) is 4.25. The number of alkyl halides is 3. The van der Waals surface area contributed by atoms with Gasteiger partial charge in [-0.25, -0.2) is 4.68 Å². The number of aromatic nitrogens is 2. The number of rotatable bonds is 7. The van der Waals surface area contributed by atoms with Crippen LogP contribution in [0.15, 0.2) is 24.3 Å². The lowest BCUT2D eigenvalue weighted by atomic mass is 9.94. The molecule has 1 amide bonds. The highest BCUT2D eigenvalue weighted by atomic mass is 19.4. The average molecular weight is 405 g/mol. The van der Waals surface area contributed by atoms with Crippen molar-refractivity contribution < 1.29 is 18.0 Å². The fraction of sp³-hybridized carbons (Fsp3) is 0.545. The molecular formula is C22H26F3N3O. The molecule has 0 saturated heterocycles. The quantitative estimate of drug-likeness (QED) is 0.708. The normalized spacial score (nSPS) is 17.0. The Hall–Kier alpha value is -2.31. The zero-order chi connectivity index (χ0) is 20.8. The van der Waals surface area contributed by atoms with Gasteiger partial charge in [0.15, 0.2) is 0 Å². The van der Waals surface area contributed by atoms with Gasteiger partial charge in [-0.2, -0.15) is 18.3 Å². The molecular weight excluding hydrogens is 379 g/mol. The van der Waals surface area contributed by atoms with Crippen LogP contribution in [0.2, 0.25) is 0 Å². The summed E-state index contributed by atoms with van der Waals surface area (Å²) < 4.78 is 42.5. The Morgan fingerprint density at radius 1 is 1.17 bits per heavy atom. The van der Waals surface area contributed by atoms with Crippen molar-refractivity contribution in [2.75, 3.05) is 0 Å². The number of amides is 1. The molecule has 0 atom stereocenters. The Balaban J connectivity index is 1.49. The van der Waals surface area contributed by atoms with Gasteiger partial charge in [0.1, 0.15) is 0 Å². The topological polar surface area (TPSA) is 46.9 Å². The number of nitrogens with zero attached hydrogens (tertiary/aromatic N) is 2. The molecule has 0 radical (unpaired) electrons. The van der Waals surface area contributed by atoms with Crippen molar-refractivity contribution in [3.8, 4) is 5.69 Å². The molecule has 1 N–H and O–H groups in total. The number of hydrogen-bond acceptors (Lipinski definition) is 2. The molecule has 0 aliphatic heterocycles. The molecule has 2 aromatic rings. The number of aryl methyl sites for hydroxylation is 2. The highest BCUT2D eigenvalue weighted by Crippen LogP contribution is 2.50. The summed E-state index contributed by atoms with van der Waals surface area (Å²) in [5, 5.41) is 6.99. The lowest BCUT2D eigenvalue weighted by Gasteiger charge is -2.17. The zero-order valence-electron chi connectivity index (χ0n) is 16.7. The lowest BCUT2D eigenvalue weighted by Crippen LogP contribution is -2.27. The van der Waals surface area contributed by atoms with Crippen molar-refractivity contribution in [2.45, 2.75) is 58.7 Å². The first-order chi connectivity index (χ1) is 13.7. The van der Waals surface area contributed by atoms with Crippen LogP contribution in [-0.2, 0) is 17.5 Å². The van der Waals surface area contributed by atoms with Gasteiger partial charge >= 0.3 is 6.18 Å². The summed E-state index contributed by atoms with van der Waals surface area (Å²) in [4.78, 5) is 12.4. The zero-order valence-corrected chi connectivity index (χ0v) is 16.7. The van der Waals surface area contributed by atoms with Crippen LogP contribution in [0.5, 0.6) is 0 Å². The molecule has 4 rings (SSSR count). The third-order valence-electron chi connectivity index (χ3n) is 6.01. The van der Waals surface area contributed by atoms with Crippen LogP contribution in [-0.4, -0.2) is 15.7 Å². The van der Waals surface area contributed by atoms with E-state index in [0.717, 1.165) is 17.5 Å². The molecule has 1 aromatic carbocycles. The molecule has 29 heavy (non-hydrogen) atoms. The molecule has 7 heteroatoms. The smallest absolute Gasteiger partial charge is 0.352 e. The minimum Gasteiger partial charge on any atom is -0.352 e. The fourth-order valence-electron chi connectivity index (χ4n) is 4.25. The minimum atomic E-state index is -4.50. The highest BCUT2D eigenvalue weighted by Gasteiger charge is 2.42. The van der Waals surface area contributed by atoms with E-state index in [0.29, 0.717) is 29.9 Å². The maximum Gasteiger partial charge on any atom is 0.416 e. The maximum atomic E-state index is 13.7. The average Bonchev–Trinajstić information content (AvgIpc) is 3.56. The summed E-state index contributed by atoms with van der Waals surface area (Å²) in [5.41, 5.74) is 1.21. The van der Waals surface area contributed by atoms with E-state index >= 15 is 0 Å². The van der Waals surface area contributed by atoms with E-state index in [1.165, 1.54) is 36.4 Å². The number of carbonyl (C=O) groups excluding carboxylic acids is 1. The molecule has 0 spiro atoms. The standard InChI is InChI=1S/C22H26F3N3O/c1-13-9-14(2)28(27-13)18-8-7-17(20(10-18)22(23,24)25)12-26-21(29)11-19(15-3-4-15)16-5-6-16/h7-10,15-16,19H,3-6,11-12H2,1-2H3,(H,26,29). The minimum absolute atomic E-state index is 0.0746. The number of carbonyl (C=O) groups is 1. The van der Waals surface area contributed by atoms with Gasteiger partial charge < -0.3 is 5.32 Å². The van der Waals surface area contributed by atoms with Gasteiger partial charge in [0.25, 0.3) is 0 Å². The molecule has 0 unspecified atom stereocenters. The van der Waals surface area contributed by atoms with Crippen molar-refractivity contribution >= 4 is 5.91 Å². The van der Waals surface area contributed by atoms with Crippen LogP contribution in [0.4, 0.5) is 13.2 Å². The van der Waals surface area contributed by atoms with Crippen LogP contribution in [0.1, 0.15) is 54.6 Å². The first kappa shape index (κ1) is 20.0. The molecule has 1 aromatic heterocycles. The van der Waals surface area contributed by atoms with Crippen LogP contribution in [0.25, 0.3) is 5.69 Å². The Bertz CT molecular complexity index is 899. The SMILES string of the molecule is Cc1cc(C)n(-c2ccc(CNC(=O)CC(C3CC3)C3CC3)c(C(F)(F)F)c2)n1. The van der Waals surface area contributed by atoms with Gasteiger partial charge in [0.05, 0.1) is 16.9 Å². The van der Waals surface area contributed by atoms with Crippen LogP contribution in [0.3, 0.4) is 0 Å². The molecule has 1 heterocycles. The second-order valence-electron chi connectivity index (χ2n) is 8.50. The van der Waals surface area contributed by atoms with Crippen molar-refractivity contribution in [1.29, 1.82) is 0 Å². The lowest BCUT2D eigenvalue weighted by molar-refractivity contribution is -0.138. The Labute approximate surface area is 168 Å². The van der Waals surface area contributed by atoms with Crippen molar-refractivity contribution in [3.05, 3.63) is 46.8 Å². The summed E-state index contributed by atoms with van der Waals surface area (Å²) in [7, 11) is 0. The first-order valence-corrected chi connectivity index (χ1v) is 10.2. The molecule has 0 bridgehead atoms. The van der Waals surface area contributed by atoms with Crippen LogP contribution >= 0.6 is 0 Å². The second kappa shape index (κ2) is 7.50. The van der Waals surface area contributed by atoms with Gasteiger partial charge in [-0.3, -0.25) is 4.79 Å². The van der Waals surface area contributed by atoms with Crippen molar-refractivity contribution in [1.82, 2.24) is 15.1 Å². The predicted octanol–water partition coefficient (Wildman–Crippen LogP) is 4.95. The van der Waals surface area contributed by atoms with E-state index in [9.17, 15) is 18.0 Å². The third-order valence-corrected chi connectivity index (χ3v) is 6.01. The highest BCUT2D eigenvalue weighted by molar-refractivity contribution is 5.76. The molecule has 156 valence electrons. The van der Waals surface area contributed by atoms with Gasteiger partial charge in [-0.15, -0.1) is 0 Å². The van der Waals surface area contributed by atoms with E-state index in [2.05, 4.69) is 10.4 Å². The van der Waals surface area contributed by atoms with E-state index in [1.54, 1.807) is 19.9 Å². The number of nitrogens with one attached hydrogen (secondary N) is 1. The molecule has 2 saturated carbocycles. The third kappa shape index (κ3) is 4.65.